The summed E-state index contributed by atoms with van der Waals surface area (Å²) >= 11 is 0. The maximum Gasteiger partial charge on any atom is 0.234 e. The fraction of sp³-hybridized carbons (Fsp3) is 0.895. The number of carbonyl (C=O) groups excluding carboxylic acids is 2. The Morgan fingerprint density at radius 3 is 1.31 bits per heavy atom. The van der Waals surface area contributed by atoms with Crippen molar-refractivity contribution in [3.05, 3.63) is 12.2 Å². The molecule has 4 nitrogen and oxygen atoms in total. The Labute approximate surface area is 262 Å². The van der Waals surface area contributed by atoms with Gasteiger partial charge in [0, 0.05) is 0 Å². The van der Waals surface area contributed by atoms with E-state index < -0.39 is 0 Å². The molecule has 0 rings (SSSR count). The first-order valence-electron chi connectivity index (χ1n) is 18.5. The summed E-state index contributed by atoms with van der Waals surface area (Å²) in [5.41, 5.74) is 0. The highest BCUT2D eigenvalue weighted by atomic mass is 16.1. The second kappa shape index (κ2) is 35.7. The van der Waals surface area contributed by atoms with E-state index >= 15 is 0 Å². The van der Waals surface area contributed by atoms with Crippen molar-refractivity contribution >= 4 is 12.2 Å². The molecule has 0 N–H and O–H groups in total. The summed E-state index contributed by atoms with van der Waals surface area (Å²) in [6, 6.07) is 0. The largest absolute Gasteiger partial charge is 0.234 e. The number of rotatable bonds is 34. The number of unbranched alkanes of at least 4 members (excludes halogenated alkanes) is 21. The first-order valence-corrected chi connectivity index (χ1v) is 18.5. The van der Waals surface area contributed by atoms with Gasteiger partial charge in [0.15, 0.2) is 0 Å². The molecule has 4 heteroatoms. The van der Waals surface area contributed by atoms with Crippen LogP contribution in [-0.2, 0) is 9.59 Å². The molecular weight excluding hydrogens is 516 g/mol. The molecule has 2 unspecified atom stereocenters. The first kappa shape index (κ1) is 40.5. The summed E-state index contributed by atoms with van der Waals surface area (Å²) in [6.45, 7) is 5.89. The highest BCUT2D eigenvalue weighted by Gasteiger charge is 2.18. The van der Waals surface area contributed by atoms with Gasteiger partial charge in [-0.15, -0.1) is 0 Å². The zero-order valence-electron chi connectivity index (χ0n) is 28.2. The lowest BCUT2D eigenvalue weighted by atomic mass is 9.80. The summed E-state index contributed by atoms with van der Waals surface area (Å²) in [4.78, 5) is 27.8. The van der Waals surface area contributed by atoms with Crippen LogP contribution in [0, 0.1) is 11.8 Å². The smallest absolute Gasteiger partial charge is 0.211 e. The SMILES string of the molecule is CCCCCCCC=CC(CCCCCCCCN=C=O)C(CCCCCCCC)CCCCCCCCCN=C=O. The van der Waals surface area contributed by atoms with Gasteiger partial charge in [0.1, 0.15) is 0 Å². The topological polar surface area (TPSA) is 58.9 Å². The van der Waals surface area contributed by atoms with Crippen LogP contribution in [-0.4, -0.2) is 25.2 Å². The molecule has 42 heavy (non-hydrogen) atoms. The van der Waals surface area contributed by atoms with E-state index in [2.05, 4.69) is 36.0 Å². The van der Waals surface area contributed by atoms with Crippen LogP contribution in [0.3, 0.4) is 0 Å². The highest BCUT2D eigenvalue weighted by Crippen LogP contribution is 2.31. The van der Waals surface area contributed by atoms with Crippen LogP contribution >= 0.6 is 0 Å². The molecule has 244 valence electrons. The lowest BCUT2D eigenvalue weighted by Gasteiger charge is -2.26. The van der Waals surface area contributed by atoms with Crippen molar-refractivity contribution in [2.75, 3.05) is 13.1 Å². The molecule has 0 saturated heterocycles. The van der Waals surface area contributed by atoms with Crippen molar-refractivity contribution in [3.8, 4) is 0 Å². The average Bonchev–Trinajstić information content (AvgIpc) is 3.00. The van der Waals surface area contributed by atoms with Crippen molar-refractivity contribution in [1.29, 1.82) is 0 Å². The average molecular weight is 587 g/mol. The molecule has 0 aromatic rings. The molecule has 0 saturated carbocycles. The van der Waals surface area contributed by atoms with Crippen molar-refractivity contribution in [2.24, 2.45) is 21.8 Å². The Hall–Kier alpha value is -1.50. The number of hydrogen-bond acceptors (Lipinski definition) is 4. The van der Waals surface area contributed by atoms with Gasteiger partial charge in [0.25, 0.3) is 0 Å². The summed E-state index contributed by atoms with van der Waals surface area (Å²) in [5, 5.41) is 0. The molecule has 0 aromatic carbocycles. The quantitative estimate of drug-likeness (QED) is 0.0326. The number of isocyanates is 2. The van der Waals surface area contributed by atoms with E-state index in [9.17, 15) is 9.59 Å². The van der Waals surface area contributed by atoms with Gasteiger partial charge in [-0.1, -0.05) is 161 Å². The number of hydrogen-bond donors (Lipinski definition) is 0. The second-order valence-electron chi connectivity index (χ2n) is 12.7. The van der Waals surface area contributed by atoms with Crippen LogP contribution in [0.5, 0.6) is 0 Å². The molecule has 0 bridgehead atoms. The van der Waals surface area contributed by atoms with Gasteiger partial charge in [0.05, 0.1) is 13.1 Å². The summed E-state index contributed by atoms with van der Waals surface area (Å²) in [6.07, 6.45) is 45.4. The molecule has 0 aliphatic carbocycles. The van der Waals surface area contributed by atoms with Crippen molar-refractivity contribution in [1.82, 2.24) is 0 Å². The van der Waals surface area contributed by atoms with Gasteiger partial charge in [0.2, 0.25) is 12.2 Å². The van der Waals surface area contributed by atoms with E-state index in [0.29, 0.717) is 13.1 Å². The van der Waals surface area contributed by atoms with Crippen molar-refractivity contribution in [3.63, 3.8) is 0 Å². The molecule has 0 aliphatic heterocycles. The molecule has 0 spiro atoms. The van der Waals surface area contributed by atoms with Crippen LogP contribution in [0.4, 0.5) is 0 Å². The predicted octanol–water partition coefficient (Wildman–Crippen LogP) is 12.4. The second-order valence-corrected chi connectivity index (χ2v) is 12.7. The fourth-order valence-corrected chi connectivity index (χ4v) is 6.24. The third-order valence-electron chi connectivity index (χ3n) is 8.92. The van der Waals surface area contributed by atoms with Crippen LogP contribution in [0.15, 0.2) is 22.1 Å². The Kier molecular flexibility index (Phi) is 34.4. The minimum absolute atomic E-state index is 0.644. The van der Waals surface area contributed by atoms with Gasteiger partial charge in [-0.2, -0.15) is 0 Å². The van der Waals surface area contributed by atoms with E-state index in [0.717, 1.165) is 24.7 Å². The van der Waals surface area contributed by atoms with E-state index in [-0.39, 0.29) is 0 Å². The molecule has 0 aromatic heterocycles. The molecule has 0 aliphatic rings. The molecule has 0 fully saturated rings. The van der Waals surface area contributed by atoms with Crippen LogP contribution in [0.25, 0.3) is 0 Å². The Morgan fingerprint density at radius 2 is 0.857 bits per heavy atom. The zero-order valence-corrected chi connectivity index (χ0v) is 28.2. The van der Waals surface area contributed by atoms with E-state index in [1.165, 1.54) is 167 Å². The van der Waals surface area contributed by atoms with Gasteiger partial charge in [-0.05, 0) is 56.8 Å². The summed E-state index contributed by atoms with van der Waals surface area (Å²) in [7, 11) is 0. The predicted molar refractivity (Wildman–Crippen MR) is 183 cm³/mol. The Morgan fingerprint density at radius 1 is 0.476 bits per heavy atom. The van der Waals surface area contributed by atoms with Crippen LogP contribution in [0.1, 0.15) is 194 Å². The van der Waals surface area contributed by atoms with Crippen molar-refractivity contribution in [2.45, 2.75) is 194 Å². The van der Waals surface area contributed by atoms with Crippen molar-refractivity contribution < 1.29 is 9.59 Å². The maximum atomic E-state index is 10.2. The minimum atomic E-state index is 0.644. The van der Waals surface area contributed by atoms with Gasteiger partial charge >= 0.3 is 0 Å². The standard InChI is InChI=1S/C38H70N2O2/c1-3-5-7-9-12-18-24-30-38(32-26-20-14-16-22-28-34-40-36-42)37(29-23-17-10-8-6-4-2)31-25-19-13-11-15-21-27-33-39-35-41/h24,30,37-38H,3-23,25-29,31-34H2,1-2H3. The van der Waals surface area contributed by atoms with E-state index in [4.69, 9.17) is 0 Å². The van der Waals surface area contributed by atoms with E-state index in [1.807, 2.05) is 0 Å². The Balaban J connectivity index is 4.82. The maximum absolute atomic E-state index is 10.2. The highest BCUT2D eigenvalue weighted by molar-refractivity contribution is 5.32. The molecule has 0 amide bonds. The molecule has 2 atom stereocenters. The lowest BCUT2D eigenvalue weighted by Crippen LogP contribution is -2.14. The molecular formula is C38H70N2O2. The van der Waals surface area contributed by atoms with E-state index in [1.54, 1.807) is 12.2 Å². The first-order chi connectivity index (χ1) is 20.8. The van der Waals surface area contributed by atoms with Gasteiger partial charge < -0.3 is 0 Å². The normalized spacial score (nSPS) is 12.7. The molecule has 0 heterocycles. The van der Waals surface area contributed by atoms with Crippen LogP contribution < -0.4 is 0 Å². The van der Waals surface area contributed by atoms with Gasteiger partial charge in [-0.3, -0.25) is 0 Å². The minimum Gasteiger partial charge on any atom is -0.211 e. The Bertz CT molecular complexity index is 664. The number of aliphatic imine (C=N–C) groups is 2. The van der Waals surface area contributed by atoms with Gasteiger partial charge in [-0.25, -0.2) is 19.6 Å². The number of allylic oxidation sites excluding steroid dienone is 2. The molecule has 0 radical (unpaired) electrons. The number of nitrogens with zero attached hydrogens (tertiary/aromatic N) is 2. The fourth-order valence-electron chi connectivity index (χ4n) is 6.24. The lowest BCUT2D eigenvalue weighted by molar-refractivity contribution is 0.300. The monoisotopic (exact) mass is 587 g/mol. The third-order valence-corrected chi connectivity index (χ3v) is 8.92. The van der Waals surface area contributed by atoms with Crippen LogP contribution in [0.2, 0.25) is 0 Å². The zero-order chi connectivity index (χ0) is 30.6. The third kappa shape index (κ3) is 30.0. The summed E-state index contributed by atoms with van der Waals surface area (Å²) in [5.74, 6) is 1.59. The summed E-state index contributed by atoms with van der Waals surface area (Å²) < 4.78 is 0.